The van der Waals surface area contributed by atoms with Gasteiger partial charge in [-0.3, -0.25) is 14.5 Å². The van der Waals surface area contributed by atoms with E-state index in [1.165, 1.54) is 6.42 Å². The van der Waals surface area contributed by atoms with Crippen molar-refractivity contribution in [3.8, 4) is 0 Å². The monoisotopic (exact) mass is 280 g/mol. The fourth-order valence-corrected chi connectivity index (χ4v) is 3.06. The van der Waals surface area contributed by atoms with E-state index in [-0.39, 0.29) is 35.4 Å². The Hall–Kier alpha value is -0.900. The third kappa shape index (κ3) is 3.22. The quantitative estimate of drug-likeness (QED) is 0.808. The zero-order chi connectivity index (χ0) is 14.9. The standard InChI is InChI=1S/C16H28N2O2/c1-11(16(2,3)4)17-13-10-14(19)18(15(13)20)12-8-6-5-7-9-12/h11-13,17H,5-10H2,1-4H3. The van der Waals surface area contributed by atoms with E-state index in [4.69, 9.17) is 0 Å². The second-order valence-corrected chi connectivity index (χ2v) is 7.40. The van der Waals surface area contributed by atoms with E-state index in [0.717, 1.165) is 25.7 Å². The Morgan fingerprint density at radius 3 is 2.30 bits per heavy atom. The first-order valence-electron chi connectivity index (χ1n) is 7.92. The molecule has 0 aromatic heterocycles. The van der Waals surface area contributed by atoms with Gasteiger partial charge in [-0.1, -0.05) is 40.0 Å². The van der Waals surface area contributed by atoms with Crippen molar-refractivity contribution in [3.05, 3.63) is 0 Å². The summed E-state index contributed by atoms with van der Waals surface area (Å²) in [5, 5.41) is 3.36. The smallest absolute Gasteiger partial charge is 0.247 e. The first kappa shape index (κ1) is 15.5. The van der Waals surface area contributed by atoms with Crippen LogP contribution in [0.25, 0.3) is 0 Å². The predicted octanol–water partition coefficient (Wildman–Crippen LogP) is 2.47. The fraction of sp³-hybridized carbons (Fsp3) is 0.875. The molecule has 2 aliphatic rings. The molecule has 114 valence electrons. The third-order valence-electron chi connectivity index (χ3n) is 4.87. The molecule has 1 saturated heterocycles. The van der Waals surface area contributed by atoms with E-state index in [9.17, 15) is 9.59 Å². The lowest BCUT2D eigenvalue weighted by Crippen LogP contribution is -2.49. The van der Waals surface area contributed by atoms with Crippen LogP contribution in [0.2, 0.25) is 0 Å². The molecule has 1 aliphatic carbocycles. The number of hydrogen-bond donors (Lipinski definition) is 1. The van der Waals surface area contributed by atoms with Crippen LogP contribution in [0.1, 0.15) is 66.2 Å². The van der Waals surface area contributed by atoms with Crippen LogP contribution in [0.4, 0.5) is 0 Å². The number of rotatable bonds is 3. The second-order valence-electron chi connectivity index (χ2n) is 7.40. The van der Waals surface area contributed by atoms with Crippen LogP contribution in [0, 0.1) is 5.41 Å². The SMILES string of the molecule is CC(NC1CC(=O)N(C2CCCCC2)C1=O)C(C)(C)C. The second kappa shape index (κ2) is 5.84. The van der Waals surface area contributed by atoms with Gasteiger partial charge in [0.1, 0.15) is 0 Å². The van der Waals surface area contributed by atoms with Crippen molar-refractivity contribution in [2.45, 2.75) is 84.3 Å². The van der Waals surface area contributed by atoms with Crippen LogP contribution < -0.4 is 5.32 Å². The summed E-state index contributed by atoms with van der Waals surface area (Å²) in [6, 6.07) is 0.0368. The van der Waals surface area contributed by atoms with Gasteiger partial charge in [0, 0.05) is 12.1 Å². The van der Waals surface area contributed by atoms with Gasteiger partial charge in [0.05, 0.1) is 12.5 Å². The Bertz CT molecular complexity index is 380. The summed E-state index contributed by atoms with van der Waals surface area (Å²) in [7, 11) is 0. The Kier molecular flexibility index (Phi) is 4.52. The lowest BCUT2D eigenvalue weighted by molar-refractivity contribution is -0.142. The largest absolute Gasteiger partial charge is 0.302 e. The molecule has 0 spiro atoms. The van der Waals surface area contributed by atoms with Gasteiger partial charge in [-0.2, -0.15) is 0 Å². The summed E-state index contributed by atoms with van der Waals surface area (Å²) in [6.07, 6.45) is 5.81. The van der Waals surface area contributed by atoms with E-state index < -0.39 is 0 Å². The zero-order valence-electron chi connectivity index (χ0n) is 13.2. The molecule has 0 aromatic rings. The molecule has 2 amide bonds. The Balaban J connectivity index is 2.01. The molecule has 20 heavy (non-hydrogen) atoms. The van der Waals surface area contributed by atoms with Crippen molar-refractivity contribution in [2.24, 2.45) is 5.41 Å². The van der Waals surface area contributed by atoms with Gasteiger partial charge in [-0.05, 0) is 25.2 Å². The van der Waals surface area contributed by atoms with Gasteiger partial charge in [0.25, 0.3) is 0 Å². The highest BCUT2D eigenvalue weighted by Crippen LogP contribution is 2.28. The summed E-state index contributed by atoms with van der Waals surface area (Å²) in [4.78, 5) is 26.3. The molecule has 2 atom stereocenters. The highest BCUT2D eigenvalue weighted by Gasteiger charge is 2.43. The molecule has 0 radical (unpaired) electrons. The Morgan fingerprint density at radius 2 is 1.75 bits per heavy atom. The van der Waals surface area contributed by atoms with Crippen molar-refractivity contribution in [3.63, 3.8) is 0 Å². The van der Waals surface area contributed by atoms with Crippen molar-refractivity contribution < 1.29 is 9.59 Å². The fourth-order valence-electron chi connectivity index (χ4n) is 3.06. The minimum atomic E-state index is -0.321. The number of nitrogens with one attached hydrogen (secondary N) is 1. The van der Waals surface area contributed by atoms with Gasteiger partial charge in [0.2, 0.25) is 11.8 Å². The molecule has 1 aliphatic heterocycles. The topological polar surface area (TPSA) is 49.4 Å². The average molecular weight is 280 g/mol. The molecule has 1 N–H and O–H groups in total. The van der Waals surface area contributed by atoms with Crippen molar-refractivity contribution in [2.75, 3.05) is 0 Å². The number of imide groups is 1. The number of carbonyl (C=O) groups excluding carboxylic acids is 2. The normalized spacial score (nSPS) is 27.2. The molecule has 2 unspecified atom stereocenters. The first-order chi connectivity index (χ1) is 9.30. The van der Waals surface area contributed by atoms with E-state index >= 15 is 0 Å². The maximum atomic E-state index is 12.5. The predicted molar refractivity (Wildman–Crippen MR) is 79.2 cm³/mol. The molecule has 1 heterocycles. The van der Waals surface area contributed by atoms with Crippen molar-refractivity contribution in [1.82, 2.24) is 10.2 Å². The first-order valence-corrected chi connectivity index (χ1v) is 7.92. The van der Waals surface area contributed by atoms with Crippen LogP contribution in [0.5, 0.6) is 0 Å². The van der Waals surface area contributed by atoms with Crippen molar-refractivity contribution in [1.29, 1.82) is 0 Å². The number of amides is 2. The summed E-state index contributed by atoms with van der Waals surface area (Å²) in [5.41, 5.74) is 0.0849. The molecular formula is C16H28N2O2. The Morgan fingerprint density at radius 1 is 1.15 bits per heavy atom. The average Bonchev–Trinajstić information content (AvgIpc) is 2.64. The van der Waals surface area contributed by atoms with Gasteiger partial charge in [0.15, 0.2) is 0 Å². The molecule has 0 bridgehead atoms. The maximum Gasteiger partial charge on any atom is 0.247 e. The highest BCUT2D eigenvalue weighted by atomic mass is 16.2. The van der Waals surface area contributed by atoms with Gasteiger partial charge in [-0.25, -0.2) is 0 Å². The molecule has 4 heteroatoms. The van der Waals surface area contributed by atoms with Crippen LogP contribution >= 0.6 is 0 Å². The molecule has 0 aromatic carbocycles. The van der Waals surface area contributed by atoms with Crippen LogP contribution in [-0.4, -0.2) is 34.8 Å². The van der Waals surface area contributed by atoms with E-state index in [0.29, 0.717) is 6.42 Å². The molecule has 2 fully saturated rings. The zero-order valence-corrected chi connectivity index (χ0v) is 13.2. The van der Waals surface area contributed by atoms with Gasteiger partial charge >= 0.3 is 0 Å². The molecule has 2 rings (SSSR count). The highest BCUT2D eigenvalue weighted by molar-refractivity contribution is 6.05. The minimum absolute atomic E-state index is 0.00185. The lowest BCUT2D eigenvalue weighted by atomic mass is 9.87. The molecule has 1 saturated carbocycles. The summed E-state index contributed by atoms with van der Waals surface area (Å²) >= 11 is 0. The summed E-state index contributed by atoms with van der Waals surface area (Å²) < 4.78 is 0. The van der Waals surface area contributed by atoms with Crippen LogP contribution in [0.15, 0.2) is 0 Å². The van der Waals surface area contributed by atoms with E-state index in [1.807, 2.05) is 0 Å². The Labute approximate surface area is 122 Å². The number of hydrogen-bond acceptors (Lipinski definition) is 3. The maximum absolute atomic E-state index is 12.5. The third-order valence-corrected chi connectivity index (χ3v) is 4.87. The number of likely N-dealkylation sites (tertiary alicyclic amines) is 1. The van der Waals surface area contributed by atoms with Crippen molar-refractivity contribution >= 4 is 11.8 Å². The van der Waals surface area contributed by atoms with Gasteiger partial charge in [-0.15, -0.1) is 0 Å². The number of nitrogens with zero attached hydrogens (tertiary/aromatic N) is 1. The number of carbonyl (C=O) groups is 2. The van der Waals surface area contributed by atoms with Gasteiger partial charge < -0.3 is 5.32 Å². The van der Waals surface area contributed by atoms with E-state index in [1.54, 1.807) is 4.90 Å². The summed E-state index contributed by atoms with van der Waals surface area (Å²) in [5.74, 6) is 0.0125. The van der Waals surface area contributed by atoms with E-state index in [2.05, 4.69) is 33.0 Å². The lowest BCUT2D eigenvalue weighted by Gasteiger charge is -2.32. The van der Waals surface area contributed by atoms with Crippen LogP contribution in [0.3, 0.4) is 0 Å². The van der Waals surface area contributed by atoms with Crippen LogP contribution in [-0.2, 0) is 9.59 Å². The summed E-state index contributed by atoms with van der Waals surface area (Å²) in [6.45, 7) is 8.52. The molecule has 4 nitrogen and oxygen atoms in total. The minimum Gasteiger partial charge on any atom is -0.302 e. The molecular weight excluding hydrogens is 252 g/mol.